The number of hydrogen-bond acceptors (Lipinski definition) is 4. The van der Waals surface area contributed by atoms with Crippen molar-refractivity contribution in [2.45, 2.75) is 71.4 Å². The van der Waals surface area contributed by atoms with Gasteiger partial charge >= 0.3 is 0 Å². The molecule has 6 nitrogen and oxygen atoms in total. The number of pyridine rings is 2. The summed E-state index contributed by atoms with van der Waals surface area (Å²) in [5.41, 5.74) is 7.29. The average molecular weight is 485 g/mol. The van der Waals surface area contributed by atoms with Gasteiger partial charge < -0.3 is 14.9 Å². The van der Waals surface area contributed by atoms with Gasteiger partial charge in [-0.1, -0.05) is 34.6 Å². The number of H-pyrrole nitrogens is 1. The lowest BCUT2D eigenvalue weighted by atomic mass is 9.80. The fourth-order valence-electron chi connectivity index (χ4n) is 5.84. The molecule has 4 aromatic heterocycles. The fraction of sp³-hybridized carbons (Fsp3) is 0.533. The highest BCUT2D eigenvalue weighted by atomic mass is 15.2. The average Bonchev–Trinajstić information content (AvgIpc) is 3.37. The standard InChI is InChI=1S/C30H40N6/c1-29(2,3)23-15-22-8-12-36(28(22)34-26(23)18-35-10-6-11-35)19-30(4,5)24-14-21-7-9-32-27(21)33-25(24)13-20-16-31-17-20/h7-9,12,14-15,20,31H,6,10-11,13,16-19H2,1-5H3,(H,32,33). The SMILES string of the molecule is CC(C)(C)c1cc2ccn(CC(C)(C)c3cc4cc[nH]c4nc3CC3CNC3)c2nc1CN1CCC1. The molecular weight excluding hydrogens is 444 g/mol. The first-order valence-corrected chi connectivity index (χ1v) is 13.6. The molecule has 0 saturated carbocycles. The second-order valence-electron chi connectivity index (χ2n) is 12.7. The zero-order valence-electron chi connectivity index (χ0n) is 22.5. The summed E-state index contributed by atoms with van der Waals surface area (Å²) >= 11 is 0. The van der Waals surface area contributed by atoms with Crippen LogP contribution < -0.4 is 5.32 Å². The third-order valence-corrected chi connectivity index (χ3v) is 8.20. The zero-order valence-corrected chi connectivity index (χ0v) is 22.5. The van der Waals surface area contributed by atoms with Crippen LogP contribution in [0.25, 0.3) is 22.1 Å². The van der Waals surface area contributed by atoms with Crippen molar-refractivity contribution in [3.8, 4) is 0 Å². The maximum Gasteiger partial charge on any atom is 0.140 e. The molecular formula is C30H40N6. The highest BCUT2D eigenvalue weighted by Gasteiger charge is 2.30. The first-order valence-electron chi connectivity index (χ1n) is 13.6. The van der Waals surface area contributed by atoms with E-state index in [-0.39, 0.29) is 10.8 Å². The molecule has 0 amide bonds. The van der Waals surface area contributed by atoms with E-state index >= 15 is 0 Å². The largest absolute Gasteiger partial charge is 0.346 e. The highest BCUT2D eigenvalue weighted by Crippen LogP contribution is 2.34. The van der Waals surface area contributed by atoms with Gasteiger partial charge in [-0.25, -0.2) is 9.97 Å². The van der Waals surface area contributed by atoms with Gasteiger partial charge in [0.05, 0.1) is 5.69 Å². The van der Waals surface area contributed by atoms with Gasteiger partial charge in [-0.3, -0.25) is 4.90 Å². The molecule has 2 N–H and O–H groups in total. The summed E-state index contributed by atoms with van der Waals surface area (Å²) in [4.78, 5) is 16.3. The molecule has 2 fully saturated rings. The number of fused-ring (bicyclic) bond motifs is 2. The Bertz CT molecular complexity index is 1390. The number of nitrogens with zero attached hydrogens (tertiary/aromatic N) is 4. The lowest BCUT2D eigenvalue weighted by Gasteiger charge is -2.33. The fourth-order valence-corrected chi connectivity index (χ4v) is 5.84. The van der Waals surface area contributed by atoms with Crippen molar-refractivity contribution < 1.29 is 0 Å². The lowest BCUT2D eigenvalue weighted by Crippen LogP contribution is -2.43. The van der Waals surface area contributed by atoms with Crippen LogP contribution in [0.5, 0.6) is 0 Å². The van der Waals surface area contributed by atoms with Gasteiger partial charge in [0.2, 0.25) is 0 Å². The Labute approximate surface area is 214 Å². The van der Waals surface area contributed by atoms with Crippen molar-refractivity contribution in [1.29, 1.82) is 0 Å². The quantitative estimate of drug-likeness (QED) is 0.381. The normalized spacial score (nSPS) is 17.6. The van der Waals surface area contributed by atoms with Crippen LogP contribution in [0.3, 0.4) is 0 Å². The van der Waals surface area contributed by atoms with Gasteiger partial charge in [-0.2, -0.15) is 0 Å². The van der Waals surface area contributed by atoms with E-state index in [0.29, 0.717) is 5.92 Å². The number of aromatic amines is 1. The van der Waals surface area contributed by atoms with Gasteiger partial charge in [0.1, 0.15) is 11.3 Å². The number of hydrogen-bond donors (Lipinski definition) is 2. The van der Waals surface area contributed by atoms with Crippen molar-refractivity contribution >= 4 is 22.1 Å². The minimum absolute atomic E-state index is 0.0751. The van der Waals surface area contributed by atoms with Crippen LogP contribution in [0.15, 0.2) is 36.7 Å². The van der Waals surface area contributed by atoms with Crippen molar-refractivity contribution in [3.63, 3.8) is 0 Å². The van der Waals surface area contributed by atoms with Gasteiger partial charge in [0, 0.05) is 47.4 Å². The molecule has 6 heterocycles. The molecule has 190 valence electrons. The van der Waals surface area contributed by atoms with Crippen LogP contribution in [0.1, 0.15) is 63.6 Å². The highest BCUT2D eigenvalue weighted by molar-refractivity contribution is 5.78. The van der Waals surface area contributed by atoms with Crippen LogP contribution in [-0.2, 0) is 30.3 Å². The summed E-state index contributed by atoms with van der Waals surface area (Å²) in [5.74, 6) is 0.674. The third-order valence-electron chi connectivity index (χ3n) is 8.20. The van der Waals surface area contributed by atoms with E-state index < -0.39 is 0 Å². The van der Waals surface area contributed by atoms with Crippen molar-refractivity contribution in [2.75, 3.05) is 26.2 Å². The van der Waals surface area contributed by atoms with E-state index in [0.717, 1.165) is 43.9 Å². The third kappa shape index (κ3) is 4.35. The first kappa shape index (κ1) is 23.7. The Morgan fingerprint density at radius 2 is 1.72 bits per heavy atom. The van der Waals surface area contributed by atoms with E-state index in [4.69, 9.17) is 9.97 Å². The number of rotatable bonds is 7. The number of nitrogens with one attached hydrogen (secondary N) is 2. The van der Waals surface area contributed by atoms with Gasteiger partial charge in [-0.15, -0.1) is 0 Å². The minimum Gasteiger partial charge on any atom is -0.346 e. The second-order valence-corrected chi connectivity index (χ2v) is 12.7. The summed E-state index contributed by atoms with van der Waals surface area (Å²) in [6.45, 7) is 18.0. The Morgan fingerprint density at radius 3 is 2.39 bits per heavy atom. The molecule has 6 heteroatoms. The number of aromatic nitrogens is 4. The maximum absolute atomic E-state index is 5.33. The van der Waals surface area contributed by atoms with E-state index in [9.17, 15) is 0 Å². The van der Waals surface area contributed by atoms with Crippen LogP contribution in [0, 0.1) is 5.92 Å². The summed E-state index contributed by atoms with van der Waals surface area (Å²) in [6, 6.07) is 9.14. The molecule has 36 heavy (non-hydrogen) atoms. The van der Waals surface area contributed by atoms with Crippen molar-refractivity contribution in [1.82, 2.24) is 29.7 Å². The summed E-state index contributed by atoms with van der Waals surface area (Å²) < 4.78 is 2.37. The minimum atomic E-state index is -0.0844. The lowest BCUT2D eigenvalue weighted by molar-refractivity contribution is 0.169. The van der Waals surface area contributed by atoms with Crippen molar-refractivity contribution in [3.05, 3.63) is 59.2 Å². The molecule has 0 radical (unpaired) electrons. The molecule has 0 unspecified atom stereocenters. The Hall–Kier alpha value is -2.70. The van der Waals surface area contributed by atoms with Crippen LogP contribution in [0.4, 0.5) is 0 Å². The summed E-state index contributed by atoms with van der Waals surface area (Å²) in [7, 11) is 0. The molecule has 4 aromatic rings. The Morgan fingerprint density at radius 1 is 0.944 bits per heavy atom. The maximum atomic E-state index is 5.33. The zero-order chi connectivity index (χ0) is 25.1. The predicted molar refractivity (Wildman–Crippen MR) is 148 cm³/mol. The molecule has 6 rings (SSSR count). The summed E-state index contributed by atoms with van der Waals surface area (Å²) in [6.07, 6.45) is 6.56. The first-order chi connectivity index (χ1) is 17.2. The van der Waals surface area contributed by atoms with Crippen LogP contribution in [0.2, 0.25) is 0 Å². The molecule has 2 saturated heterocycles. The Kier molecular flexibility index (Phi) is 5.73. The van der Waals surface area contributed by atoms with E-state index in [1.807, 2.05) is 6.20 Å². The van der Waals surface area contributed by atoms with Gasteiger partial charge in [0.15, 0.2) is 0 Å². The monoisotopic (exact) mass is 484 g/mol. The van der Waals surface area contributed by atoms with Gasteiger partial charge in [0.25, 0.3) is 0 Å². The summed E-state index contributed by atoms with van der Waals surface area (Å²) in [5, 5.41) is 5.85. The molecule has 0 aromatic carbocycles. The molecule has 0 atom stereocenters. The molecule has 2 aliphatic heterocycles. The van der Waals surface area contributed by atoms with Crippen LogP contribution in [-0.4, -0.2) is 50.6 Å². The predicted octanol–water partition coefficient (Wildman–Crippen LogP) is 5.16. The number of likely N-dealkylation sites (tertiary alicyclic amines) is 1. The van der Waals surface area contributed by atoms with E-state index in [2.05, 4.69) is 84.8 Å². The second kappa shape index (κ2) is 8.70. The smallest absolute Gasteiger partial charge is 0.140 e. The van der Waals surface area contributed by atoms with E-state index in [1.54, 1.807) is 0 Å². The molecule has 0 bridgehead atoms. The van der Waals surface area contributed by atoms with E-state index in [1.165, 1.54) is 52.8 Å². The molecule has 0 aliphatic carbocycles. The molecule has 0 spiro atoms. The topological polar surface area (TPSA) is 61.8 Å². The Balaban J connectivity index is 1.38. The van der Waals surface area contributed by atoms with Crippen molar-refractivity contribution in [2.24, 2.45) is 5.92 Å². The van der Waals surface area contributed by atoms with Crippen LogP contribution >= 0.6 is 0 Å². The molecule has 2 aliphatic rings. The van der Waals surface area contributed by atoms with Gasteiger partial charge in [-0.05, 0) is 85.7 Å².